The molecular formula is C6H5N3O. The van der Waals surface area contributed by atoms with Gasteiger partial charge in [0.1, 0.15) is 0 Å². The SMILES string of the molecule is O=Cn1ccc2nccn21. The molecule has 0 amide bonds. The largest absolute Gasteiger partial charge is 0.276 e. The fourth-order valence-corrected chi connectivity index (χ4v) is 0.924. The van der Waals surface area contributed by atoms with Gasteiger partial charge in [0, 0.05) is 24.7 Å². The molecule has 0 radical (unpaired) electrons. The summed E-state index contributed by atoms with van der Waals surface area (Å²) in [7, 11) is 0. The van der Waals surface area contributed by atoms with Gasteiger partial charge < -0.3 is 0 Å². The van der Waals surface area contributed by atoms with Crippen molar-refractivity contribution in [1.82, 2.24) is 14.2 Å². The maximum atomic E-state index is 10.3. The third-order valence-corrected chi connectivity index (χ3v) is 1.38. The van der Waals surface area contributed by atoms with Crippen molar-refractivity contribution in [1.29, 1.82) is 0 Å². The maximum absolute atomic E-state index is 10.3. The van der Waals surface area contributed by atoms with Gasteiger partial charge in [0.25, 0.3) is 0 Å². The normalized spacial score (nSPS) is 10.4. The number of fused-ring (bicyclic) bond motifs is 1. The number of aromatic nitrogens is 3. The van der Waals surface area contributed by atoms with Gasteiger partial charge in [-0.2, -0.15) is 0 Å². The lowest BCUT2D eigenvalue weighted by Crippen LogP contribution is -1.99. The van der Waals surface area contributed by atoms with Gasteiger partial charge in [-0.05, 0) is 0 Å². The molecule has 4 heteroatoms. The first kappa shape index (κ1) is 5.22. The second kappa shape index (κ2) is 1.70. The minimum absolute atomic E-state index is 0.731. The zero-order valence-electron chi connectivity index (χ0n) is 5.14. The molecule has 10 heavy (non-hydrogen) atoms. The molecule has 0 unspecified atom stereocenters. The van der Waals surface area contributed by atoms with Crippen LogP contribution in [0, 0.1) is 0 Å². The first-order chi connectivity index (χ1) is 4.92. The van der Waals surface area contributed by atoms with Crippen molar-refractivity contribution in [3.05, 3.63) is 24.7 Å². The summed E-state index contributed by atoms with van der Waals surface area (Å²) in [5.74, 6) is 0. The molecule has 0 spiro atoms. The molecule has 2 aromatic heterocycles. The van der Waals surface area contributed by atoms with E-state index in [9.17, 15) is 4.79 Å². The predicted octanol–water partition coefficient (Wildman–Crippen LogP) is 0.174. The van der Waals surface area contributed by atoms with Crippen LogP contribution in [0.1, 0.15) is 0 Å². The molecule has 2 aromatic rings. The molecule has 0 aliphatic rings. The number of carbonyl (C=O) groups is 1. The highest BCUT2D eigenvalue weighted by Crippen LogP contribution is 1.98. The van der Waals surface area contributed by atoms with Crippen molar-refractivity contribution in [3.63, 3.8) is 0 Å². The molecule has 0 N–H and O–H groups in total. The van der Waals surface area contributed by atoms with Crippen LogP contribution < -0.4 is 0 Å². The first-order valence-electron chi connectivity index (χ1n) is 2.87. The Morgan fingerprint density at radius 3 is 3.20 bits per heavy atom. The summed E-state index contributed by atoms with van der Waals surface area (Å²) < 4.78 is 3.08. The van der Waals surface area contributed by atoms with Crippen LogP contribution in [0.4, 0.5) is 0 Å². The average Bonchev–Trinajstić information content (AvgIpc) is 2.44. The van der Waals surface area contributed by atoms with E-state index in [2.05, 4.69) is 4.98 Å². The van der Waals surface area contributed by atoms with Crippen LogP contribution in [-0.2, 0) is 4.79 Å². The predicted molar refractivity (Wildman–Crippen MR) is 35.3 cm³/mol. The summed E-state index contributed by atoms with van der Waals surface area (Å²) in [6.45, 7) is 0. The maximum Gasteiger partial charge on any atom is 0.232 e. The van der Waals surface area contributed by atoms with E-state index >= 15 is 0 Å². The fraction of sp³-hybridized carbons (Fsp3) is 0. The van der Waals surface area contributed by atoms with Crippen molar-refractivity contribution in [3.8, 4) is 0 Å². The molecule has 4 nitrogen and oxygen atoms in total. The van der Waals surface area contributed by atoms with Crippen LogP contribution in [0.2, 0.25) is 0 Å². The molecule has 0 aromatic carbocycles. The second-order valence-electron chi connectivity index (χ2n) is 1.93. The van der Waals surface area contributed by atoms with E-state index in [1.54, 1.807) is 29.2 Å². The van der Waals surface area contributed by atoms with Crippen LogP contribution in [0.3, 0.4) is 0 Å². The average molecular weight is 135 g/mol. The smallest absolute Gasteiger partial charge is 0.232 e. The Bertz CT molecular complexity index is 360. The van der Waals surface area contributed by atoms with E-state index in [0.29, 0.717) is 0 Å². The van der Waals surface area contributed by atoms with E-state index < -0.39 is 0 Å². The van der Waals surface area contributed by atoms with E-state index in [-0.39, 0.29) is 0 Å². The summed E-state index contributed by atoms with van der Waals surface area (Å²) in [4.78, 5) is 14.3. The first-order valence-corrected chi connectivity index (χ1v) is 2.87. The van der Waals surface area contributed by atoms with Gasteiger partial charge in [-0.25, -0.2) is 14.2 Å². The standard InChI is InChI=1S/C6H5N3O/c10-5-8-3-1-6-7-2-4-9(6)8/h1-5H. The Labute approximate surface area is 56.7 Å². The van der Waals surface area contributed by atoms with Gasteiger partial charge in [-0.15, -0.1) is 0 Å². The van der Waals surface area contributed by atoms with Gasteiger partial charge in [-0.1, -0.05) is 0 Å². The van der Waals surface area contributed by atoms with Crippen molar-refractivity contribution >= 4 is 12.1 Å². The molecule has 0 bridgehead atoms. The number of hydrogen-bond acceptors (Lipinski definition) is 2. The molecule has 0 saturated heterocycles. The zero-order chi connectivity index (χ0) is 6.97. The van der Waals surface area contributed by atoms with Gasteiger partial charge in [0.15, 0.2) is 5.65 Å². The number of carbonyl (C=O) groups excluding carboxylic acids is 1. The molecule has 2 heterocycles. The third kappa shape index (κ3) is 0.500. The second-order valence-corrected chi connectivity index (χ2v) is 1.93. The van der Waals surface area contributed by atoms with Crippen molar-refractivity contribution in [2.45, 2.75) is 0 Å². The van der Waals surface area contributed by atoms with Crippen LogP contribution in [0.25, 0.3) is 5.65 Å². The van der Waals surface area contributed by atoms with Crippen LogP contribution >= 0.6 is 0 Å². The van der Waals surface area contributed by atoms with E-state index in [1.165, 1.54) is 4.68 Å². The highest BCUT2D eigenvalue weighted by atomic mass is 16.1. The number of hydrogen-bond donors (Lipinski definition) is 0. The summed E-state index contributed by atoms with van der Waals surface area (Å²) in [5.41, 5.74) is 0.784. The molecule has 0 aliphatic carbocycles. The highest BCUT2D eigenvalue weighted by Gasteiger charge is 1.95. The summed E-state index contributed by atoms with van der Waals surface area (Å²) in [6, 6.07) is 1.77. The van der Waals surface area contributed by atoms with Crippen LogP contribution in [0.5, 0.6) is 0 Å². The molecule has 0 aliphatic heterocycles. The lowest BCUT2D eigenvalue weighted by Gasteiger charge is -1.88. The topological polar surface area (TPSA) is 39.3 Å². The van der Waals surface area contributed by atoms with Crippen LogP contribution in [-0.4, -0.2) is 20.6 Å². The lowest BCUT2D eigenvalue weighted by molar-refractivity contribution is 0.537. The molecule has 0 fully saturated rings. The molecule has 50 valence electrons. The summed E-state index contributed by atoms with van der Waals surface area (Å²) in [6.07, 6.45) is 5.77. The molecule has 0 saturated carbocycles. The lowest BCUT2D eigenvalue weighted by atomic mass is 10.7. The molecule has 0 atom stereocenters. The number of rotatable bonds is 1. The minimum Gasteiger partial charge on any atom is -0.276 e. The van der Waals surface area contributed by atoms with Gasteiger partial charge in [0.2, 0.25) is 6.41 Å². The zero-order valence-corrected chi connectivity index (χ0v) is 5.14. The van der Waals surface area contributed by atoms with E-state index in [1.807, 2.05) is 0 Å². The Kier molecular flexibility index (Phi) is 0.887. The van der Waals surface area contributed by atoms with E-state index in [0.717, 1.165) is 12.1 Å². The summed E-state index contributed by atoms with van der Waals surface area (Å²) in [5, 5.41) is 0. The van der Waals surface area contributed by atoms with Crippen molar-refractivity contribution in [2.24, 2.45) is 0 Å². The van der Waals surface area contributed by atoms with Crippen molar-refractivity contribution in [2.75, 3.05) is 0 Å². The monoisotopic (exact) mass is 135 g/mol. The summed E-state index contributed by atoms with van der Waals surface area (Å²) >= 11 is 0. The number of nitrogens with zero attached hydrogens (tertiary/aromatic N) is 3. The van der Waals surface area contributed by atoms with Gasteiger partial charge in [-0.3, -0.25) is 4.79 Å². The van der Waals surface area contributed by atoms with Crippen molar-refractivity contribution < 1.29 is 4.79 Å². The Balaban J connectivity index is 2.88. The van der Waals surface area contributed by atoms with Gasteiger partial charge >= 0.3 is 0 Å². The van der Waals surface area contributed by atoms with E-state index in [4.69, 9.17) is 0 Å². The molecular weight excluding hydrogens is 130 g/mol. The van der Waals surface area contributed by atoms with Crippen LogP contribution in [0.15, 0.2) is 24.7 Å². The highest BCUT2D eigenvalue weighted by molar-refractivity contribution is 5.53. The fourth-order valence-electron chi connectivity index (χ4n) is 0.924. The van der Waals surface area contributed by atoms with Gasteiger partial charge in [0.05, 0.1) is 0 Å². The quantitative estimate of drug-likeness (QED) is 0.523. The minimum atomic E-state index is 0.731. The Morgan fingerprint density at radius 1 is 1.50 bits per heavy atom. The Morgan fingerprint density at radius 2 is 2.40 bits per heavy atom. The number of imidazole rings is 1. The Hall–Kier alpha value is -1.58. The molecule has 2 rings (SSSR count). The third-order valence-electron chi connectivity index (χ3n) is 1.38.